The van der Waals surface area contributed by atoms with Gasteiger partial charge in [0, 0.05) is 37.4 Å². The van der Waals surface area contributed by atoms with E-state index < -0.39 is 11.9 Å². The second kappa shape index (κ2) is 13.2. The number of carbonyl (C=O) groups excluding carboxylic acids is 3. The number of nitrogens with zero attached hydrogens (tertiary/aromatic N) is 3. The number of carbonyl (C=O) groups is 3. The molecule has 0 radical (unpaired) electrons. The Morgan fingerprint density at radius 1 is 0.950 bits per heavy atom. The minimum Gasteiger partial charge on any atom is -0.353 e. The molecular formula is C31H32N6O3. The summed E-state index contributed by atoms with van der Waals surface area (Å²) in [4.78, 5) is 42.7. The number of aromatic nitrogens is 2. The summed E-state index contributed by atoms with van der Waals surface area (Å²) in [5.74, 6) is -1.23. The Labute approximate surface area is 233 Å². The minimum atomic E-state index is -0.958. The van der Waals surface area contributed by atoms with Crippen molar-refractivity contribution in [1.82, 2.24) is 25.5 Å². The Morgan fingerprint density at radius 3 is 2.45 bits per heavy atom. The Morgan fingerprint density at radius 2 is 1.70 bits per heavy atom. The number of rotatable bonds is 11. The summed E-state index contributed by atoms with van der Waals surface area (Å²) in [7, 11) is 0. The van der Waals surface area contributed by atoms with Crippen molar-refractivity contribution >= 4 is 28.5 Å². The van der Waals surface area contributed by atoms with Crippen molar-refractivity contribution in [3.8, 4) is 6.07 Å². The fraction of sp³-hybridized carbons (Fsp3) is 0.258. The predicted octanol–water partition coefficient (Wildman–Crippen LogP) is 3.07. The summed E-state index contributed by atoms with van der Waals surface area (Å²) >= 11 is 0. The Balaban J connectivity index is 1.42. The first kappa shape index (κ1) is 28.0. The standard InChI is InChI=1S/C31H32N6O3/c1-21(2)30(39)35-18-28(31(40)34-16-25-8-5-7-24-6-3-4-9-27(24)25)36-29(38)14-26-17-33-20-37(26)19-23-12-10-22(15-32)11-13-23/h3-13,17,20-21,28H,14,16,18-19H2,1-2H3,(H,34,40)(H,35,39)(H,36,38). The number of hydrogen-bond donors (Lipinski definition) is 3. The molecule has 3 aromatic carbocycles. The van der Waals surface area contributed by atoms with E-state index in [0.717, 1.165) is 21.9 Å². The Bertz CT molecular complexity index is 1530. The lowest BCUT2D eigenvalue weighted by atomic mass is 10.0. The van der Waals surface area contributed by atoms with E-state index in [1.54, 1.807) is 38.5 Å². The van der Waals surface area contributed by atoms with Crippen molar-refractivity contribution in [2.24, 2.45) is 5.92 Å². The van der Waals surface area contributed by atoms with Crippen LogP contribution in [0.4, 0.5) is 0 Å². The highest BCUT2D eigenvalue weighted by molar-refractivity contribution is 5.90. The number of imidazole rings is 1. The highest BCUT2D eigenvalue weighted by Crippen LogP contribution is 2.18. The van der Waals surface area contributed by atoms with E-state index in [4.69, 9.17) is 5.26 Å². The van der Waals surface area contributed by atoms with Gasteiger partial charge in [0.1, 0.15) is 6.04 Å². The van der Waals surface area contributed by atoms with E-state index in [0.29, 0.717) is 17.8 Å². The van der Waals surface area contributed by atoms with Crippen LogP contribution in [0.2, 0.25) is 0 Å². The molecule has 0 aliphatic heterocycles. The lowest BCUT2D eigenvalue weighted by Gasteiger charge is -2.20. The van der Waals surface area contributed by atoms with Crippen molar-refractivity contribution < 1.29 is 14.4 Å². The third-order valence-corrected chi connectivity index (χ3v) is 6.57. The van der Waals surface area contributed by atoms with Crippen LogP contribution in [0, 0.1) is 17.2 Å². The molecule has 1 aromatic heterocycles. The second-order valence-electron chi connectivity index (χ2n) is 9.87. The van der Waals surface area contributed by atoms with E-state index in [1.165, 1.54) is 0 Å². The van der Waals surface area contributed by atoms with Crippen molar-refractivity contribution in [1.29, 1.82) is 5.26 Å². The lowest BCUT2D eigenvalue weighted by Crippen LogP contribution is -2.53. The fourth-order valence-corrected chi connectivity index (χ4v) is 4.30. The second-order valence-corrected chi connectivity index (χ2v) is 9.87. The molecule has 0 aliphatic carbocycles. The van der Waals surface area contributed by atoms with E-state index in [9.17, 15) is 14.4 Å². The fourth-order valence-electron chi connectivity index (χ4n) is 4.30. The van der Waals surface area contributed by atoms with E-state index in [2.05, 4.69) is 27.0 Å². The Kier molecular flexibility index (Phi) is 9.26. The first-order valence-electron chi connectivity index (χ1n) is 13.1. The van der Waals surface area contributed by atoms with E-state index in [1.807, 2.05) is 59.2 Å². The van der Waals surface area contributed by atoms with Gasteiger partial charge in [0.05, 0.1) is 24.4 Å². The molecule has 3 amide bonds. The molecule has 0 saturated heterocycles. The molecule has 3 N–H and O–H groups in total. The Hall–Kier alpha value is -4.97. The van der Waals surface area contributed by atoms with Gasteiger partial charge in [0.2, 0.25) is 17.7 Å². The summed E-state index contributed by atoms with van der Waals surface area (Å²) in [5.41, 5.74) is 3.15. The zero-order valence-electron chi connectivity index (χ0n) is 22.6. The predicted molar refractivity (Wildman–Crippen MR) is 152 cm³/mol. The molecule has 1 atom stereocenters. The van der Waals surface area contributed by atoms with Gasteiger partial charge in [-0.25, -0.2) is 4.98 Å². The molecular weight excluding hydrogens is 504 g/mol. The number of fused-ring (bicyclic) bond motifs is 1. The molecule has 1 unspecified atom stereocenters. The number of nitriles is 1. The first-order chi connectivity index (χ1) is 19.3. The van der Waals surface area contributed by atoms with Gasteiger partial charge >= 0.3 is 0 Å². The third-order valence-electron chi connectivity index (χ3n) is 6.57. The van der Waals surface area contributed by atoms with Crippen LogP contribution in [0.5, 0.6) is 0 Å². The van der Waals surface area contributed by atoms with Gasteiger partial charge in [-0.05, 0) is 34.0 Å². The maximum absolute atomic E-state index is 13.2. The van der Waals surface area contributed by atoms with Crippen molar-refractivity contribution in [3.63, 3.8) is 0 Å². The van der Waals surface area contributed by atoms with Gasteiger partial charge in [-0.15, -0.1) is 0 Å². The van der Waals surface area contributed by atoms with Crippen molar-refractivity contribution in [3.05, 3.63) is 102 Å². The zero-order valence-corrected chi connectivity index (χ0v) is 22.6. The van der Waals surface area contributed by atoms with Crippen LogP contribution < -0.4 is 16.0 Å². The van der Waals surface area contributed by atoms with Crippen LogP contribution in [0.3, 0.4) is 0 Å². The highest BCUT2D eigenvalue weighted by atomic mass is 16.2. The maximum Gasteiger partial charge on any atom is 0.244 e. The number of nitrogens with one attached hydrogen (secondary N) is 3. The average molecular weight is 537 g/mol. The van der Waals surface area contributed by atoms with Gasteiger partial charge in [0.25, 0.3) is 0 Å². The topological polar surface area (TPSA) is 129 Å². The number of benzene rings is 3. The van der Waals surface area contributed by atoms with Crippen LogP contribution in [0.1, 0.15) is 36.2 Å². The van der Waals surface area contributed by atoms with Crippen LogP contribution >= 0.6 is 0 Å². The lowest BCUT2D eigenvalue weighted by molar-refractivity contribution is -0.129. The highest BCUT2D eigenvalue weighted by Gasteiger charge is 2.23. The number of hydrogen-bond acceptors (Lipinski definition) is 5. The molecule has 9 heteroatoms. The molecule has 0 spiro atoms. The molecule has 204 valence electrons. The van der Waals surface area contributed by atoms with Gasteiger partial charge in [-0.1, -0.05) is 68.4 Å². The van der Waals surface area contributed by atoms with Crippen LogP contribution in [-0.4, -0.2) is 39.9 Å². The third kappa shape index (κ3) is 7.32. The van der Waals surface area contributed by atoms with Gasteiger partial charge in [0.15, 0.2) is 0 Å². The van der Waals surface area contributed by atoms with Crippen LogP contribution in [-0.2, 0) is 33.9 Å². The zero-order chi connectivity index (χ0) is 28.5. The van der Waals surface area contributed by atoms with Gasteiger partial charge < -0.3 is 20.5 Å². The molecule has 40 heavy (non-hydrogen) atoms. The molecule has 1 heterocycles. The van der Waals surface area contributed by atoms with Crippen LogP contribution in [0.25, 0.3) is 10.8 Å². The minimum absolute atomic E-state index is 0.00150. The number of amides is 3. The summed E-state index contributed by atoms with van der Waals surface area (Å²) in [6, 6.07) is 22.2. The normalized spacial score (nSPS) is 11.6. The van der Waals surface area contributed by atoms with Crippen molar-refractivity contribution in [2.75, 3.05) is 6.54 Å². The molecule has 0 bridgehead atoms. The molecule has 4 rings (SSSR count). The molecule has 9 nitrogen and oxygen atoms in total. The summed E-state index contributed by atoms with van der Waals surface area (Å²) in [6.07, 6.45) is 3.25. The average Bonchev–Trinajstić information content (AvgIpc) is 3.39. The summed E-state index contributed by atoms with van der Waals surface area (Å²) in [5, 5.41) is 19.6. The first-order valence-corrected chi connectivity index (χ1v) is 13.1. The molecule has 0 fully saturated rings. The molecule has 0 saturated carbocycles. The van der Waals surface area contributed by atoms with Gasteiger partial charge in [-0.2, -0.15) is 5.26 Å². The van der Waals surface area contributed by atoms with Crippen molar-refractivity contribution in [2.45, 2.75) is 39.4 Å². The van der Waals surface area contributed by atoms with Gasteiger partial charge in [-0.3, -0.25) is 14.4 Å². The monoisotopic (exact) mass is 536 g/mol. The van der Waals surface area contributed by atoms with E-state index >= 15 is 0 Å². The molecule has 0 aliphatic rings. The SMILES string of the molecule is CC(C)C(=O)NCC(NC(=O)Cc1cncn1Cc1ccc(C#N)cc1)C(=O)NCc1cccc2ccccc12. The van der Waals surface area contributed by atoms with Crippen LogP contribution in [0.15, 0.2) is 79.3 Å². The molecule has 4 aromatic rings. The quantitative estimate of drug-likeness (QED) is 0.271. The largest absolute Gasteiger partial charge is 0.353 e. The van der Waals surface area contributed by atoms with E-state index in [-0.39, 0.29) is 37.2 Å². The summed E-state index contributed by atoms with van der Waals surface area (Å²) < 4.78 is 1.84. The smallest absolute Gasteiger partial charge is 0.244 e. The summed E-state index contributed by atoms with van der Waals surface area (Å²) in [6.45, 7) is 4.25. The maximum atomic E-state index is 13.2.